The molecule has 134 valence electrons. The van der Waals surface area contributed by atoms with Crippen LogP contribution in [0.3, 0.4) is 0 Å². The van der Waals surface area contributed by atoms with E-state index in [0.717, 1.165) is 43.9 Å². The fourth-order valence-electron chi connectivity index (χ4n) is 3.31. The zero-order valence-electron chi connectivity index (χ0n) is 14.7. The second kappa shape index (κ2) is 8.41. The smallest absolute Gasteiger partial charge is 0.141 e. The summed E-state index contributed by atoms with van der Waals surface area (Å²) in [6, 6.07) is 11.6. The summed E-state index contributed by atoms with van der Waals surface area (Å²) in [5.41, 5.74) is 3.13. The highest BCUT2D eigenvalue weighted by Crippen LogP contribution is 2.22. The summed E-state index contributed by atoms with van der Waals surface area (Å²) in [7, 11) is 0. The second-order valence-corrected chi connectivity index (χ2v) is 6.87. The van der Waals surface area contributed by atoms with Crippen molar-refractivity contribution in [3.63, 3.8) is 0 Å². The van der Waals surface area contributed by atoms with Crippen molar-refractivity contribution >= 4 is 5.69 Å². The lowest BCUT2D eigenvalue weighted by Gasteiger charge is -2.31. The monoisotopic (exact) mass is 343 g/mol. The SMILES string of the molecule is C[C@H](Nc1cccc(CN2CCC(CO)CC2)c1)c1ccc(F)cn1. The average Bonchev–Trinajstić information content (AvgIpc) is 2.63. The van der Waals surface area contributed by atoms with Crippen molar-refractivity contribution in [2.75, 3.05) is 25.0 Å². The van der Waals surface area contributed by atoms with E-state index in [9.17, 15) is 9.50 Å². The normalized spacial score (nSPS) is 17.4. The van der Waals surface area contributed by atoms with E-state index >= 15 is 0 Å². The van der Waals surface area contributed by atoms with Crippen molar-refractivity contribution in [3.05, 3.63) is 59.7 Å². The van der Waals surface area contributed by atoms with Gasteiger partial charge in [-0.15, -0.1) is 0 Å². The highest BCUT2D eigenvalue weighted by molar-refractivity contribution is 5.47. The van der Waals surface area contributed by atoms with E-state index in [1.807, 2.05) is 13.0 Å². The van der Waals surface area contributed by atoms with E-state index in [-0.39, 0.29) is 11.9 Å². The van der Waals surface area contributed by atoms with Gasteiger partial charge in [-0.3, -0.25) is 9.88 Å². The zero-order valence-corrected chi connectivity index (χ0v) is 14.7. The van der Waals surface area contributed by atoms with Gasteiger partial charge in [0.2, 0.25) is 0 Å². The summed E-state index contributed by atoms with van der Waals surface area (Å²) in [5, 5.41) is 12.7. The molecule has 0 saturated carbocycles. The van der Waals surface area contributed by atoms with Crippen molar-refractivity contribution in [2.24, 2.45) is 5.92 Å². The average molecular weight is 343 g/mol. The van der Waals surface area contributed by atoms with Gasteiger partial charge >= 0.3 is 0 Å². The van der Waals surface area contributed by atoms with Crippen molar-refractivity contribution in [2.45, 2.75) is 32.4 Å². The maximum atomic E-state index is 13.0. The van der Waals surface area contributed by atoms with Crippen LogP contribution in [0.2, 0.25) is 0 Å². The standard InChI is InChI=1S/C20H26FN3O/c1-15(20-6-5-18(21)12-22-20)23-19-4-2-3-17(11-19)13-24-9-7-16(14-25)8-10-24/h2-6,11-12,15-16,23,25H,7-10,13-14H2,1H3/t15-/m0/s1. The quantitative estimate of drug-likeness (QED) is 0.841. The molecule has 25 heavy (non-hydrogen) atoms. The minimum atomic E-state index is -0.317. The first-order valence-corrected chi connectivity index (χ1v) is 8.94. The summed E-state index contributed by atoms with van der Waals surface area (Å²) < 4.78 is 13.0. The number of halogens is 1. The predicted molar refractivity (Wildman–Crippen MR) is 97.8 cm³/mol. The Balaban J connectivity index is 1.58. The van der Waals surface area contributed by atoms with Gasteiger partial charge in [-0.05, 0) is 68.6 Å². The number of rotatable bonds is 6. The molecule has 2 heterocycles. The number of piperidine rings is 1. The van der Waals surface area contributed by atoms with Crippen LogP contribution in [-0.4, -0.2) is 34.7 Å². The lowest BCUT2D eigenvalue weighted by molar-refractivity contribution is 0.127. The van der Waals surface area contributed by atoms with Crippen LogP contribution in [-0.2, 0) is 6.54 Å². The van der Waals surface area contributed by atoms with E-state index < -0.39 is 0 Å². The Bertz CT molecular complexity index is 669. The molecule has 0 spiro atoms. The number of nitrogens with one attached hydrogen (secondary N) is 1. The number of anilines is 1. The molecule has 5 heteroatoms. The molecule has 0 unspecified atom stereocenters. The Morgan fingerprint density at radius 2 is 2.08 bits per heavy atom. The minimum absolute atomic E-state index is 0.0103. The van der Waals surface area contributed by atoms with Gasteiger partial charge in [-0.1, -0.05) is 12.1 Å². The molecule has 1 saturated heterocycles. The van der Waals surface area contributed by atoms with E-state index in [1.54, 1.807) is 6.07 Å². The summed E-state index contributed by atoms with van der Waals surface area (Å²) in [4.78, 5) is 6.58. The fourth-order valence-corrected chi connectivity index (χ4v) is 3.31. The van der Waals surface area contributed by atoms with Gasteiger partial charge in [0.15, 0.2) is 0 Å². The van der Waals surface area contributed by atoms with Crippen LogP contribution in [0.5, 0.6) is 0 Å². The number of likely N-dealkylation sites (tertiary alicyclic amines) is 1. The van der Waals surface area contributed by atoms with Crippen LogP contribution in [0.15, 0.2) is 42.6 Å². The molecular weight excluding hydrogens is 317 g/mol. The van der Waals surface area contributed by atoms with Crippen LogP contribution >= 0.6 is 0 Å². The summed E-state index contributed by atoms with van der Waals surface area (Å²) >= 11 is 0. The number of aromatic nitrogens is 1. The summed E-state index contributed by atoms with van der Waals surface area (Å²) in [6.07, 6.45) is 3.39. The van der Waals surface area contributed by atoms with E-state index in [0.29, 0.717) is 12.5 Å². The first-order valence-electron chi connectivity index (χ1n) is 8.94. The molecule has 0 aliphatic carbocycles. The molecule has 1 atom stereocenters. The van der Waals surface area contributed by atoms with Gasteiger partial charge < -0.3 is 10.4 Å². The van der Waals surface area contributed by atoms with Gasteiger partial charge in [-0.25, -0.2) is 4.39 Å². The first-order chi connectivity index (χ1) is 12.1. The van der Waals surface area contributed by atoms with Gasteiger partial charge in [0, 0.05) is 18.8 Å². The number of hydrogen-bond acceptors (Lipinski definition) is 4. The summed E-state index contributed by atoms with van der Waals surface area (Å²) in [6.45, 7) is 5.34. The number of aliphatic hydroxyl groups excluding tert-OH is 1. The molecule has 1 aromatic heterocycles. The molecule has 3 rings (SSSR count). The molecule has 1 aliphatic heterocycles. The lowest BCUT2D eigenvalue weighted by atomic mass is 9.97. The molecule has 4 nitrogen and oxygen atoms in total. The van der Waals surface area contributed by atoms with E-state index in [2.05, 4.69) is 33.4 Å². The van der Waals surface area contributed by atoms with E-state index in [4.69, 9.17) is 0 Å². The number of nitrogens with zero attached hydrogens (tertiary/aromatic N) is 2. The van der Waals surface area contributed by atoms with Crippen LogP contribution < -0.4 is 5.32 Å². The molecule has 2 aromatic rings. The molecule has 0 radical (unpaired) electrons. The fraction of sp³-hybridized carbons (Fsp3) is 0.450. The molecule has 1 aliphatic rings. The molecule has 2 N–H and O–H groups in total. The number of pyridine rings is 1. The Kier molecular flexibility index (Phi) is 6.00. The third-order valence-electron chi connectivity index (χ3n) is 4.88. The number of benzene rings is 1. The van der Waals surface area contributed by atoms with Crippen molar-refractivity contribution in [1.29, 1.82) is 0 Å². The van der Waals surface area contributed by atoms with Crippen LogP contribution in [0.4, 0.5) is 10.1 Å². The van der Waals surface area contributed by atoms with Gasteiger partial charge in [-0.2, -0.15) is 0 Å². The largest absolute Gasteiger partial charge is 0.396 e. The minimum Gasteiger partial charge on any atom is -0.396 e. The molecule has 1 fully saturated rings. The maximum Gasteiger partial charge on any atom is 0.141 e. The molecular formula is C20H26FN3O. The van der Waals surface area contributed by atoms with Crippen molar-refractivity contribution in [1.82, 2.24) is 9.88 Å². The summed E-state index contributed by atoms with van der Waals surface area (Å²) in [5.74, 6) is 0.149. The van der Waals surface area contributed by atoms with Crippen molar-refractivity contribution < 1.29 is 9.50 Å². The third-order valence-corrected chi connectivity index (χ3v) is 4.88. The Morgan fingerprint density at radius 1 is 1.28 bits per heavy atom. The molecule has 1 aromatic carbocycles. The second-order valence-electron chi connectivity index (χ2n) is 6.87. The number of aliphatic hydroxyl groups is 1. The van der Waals surface area contributed by atoms with Crippen molar-refractivity contribution in [3.8, 4) is 0 Å². The van der Waals surface area contributed by atoms with Gasteiger partial charge in [0.25, 0.3) is 0 Å². The van der Waals surface area contributed by atoms with Crippen LogP contribution in [0.1, 0.15) is 37.1 Å². The van der Waals surface area contributed by atoms with Crippen LogP contribution in [0, 0.1) is 11.7 Å². The lowest BCUT2D eigenvalue weighted by Crippen LogP contribution is -2.34. The highest BCUT2D eigenvalue weighted by atomic mass is 19.1. The highest BCUT2D eigenvalue weighted by Gasteiger charge is 2.18. The van der Waals surface area contributed by atoms with Crippen LogP contribution in [0.25, 0.3) is 0 Å². The Morgan fingerprint density at radius 3 is 2.76 bits per heavy atom. The third kappa shape index (κ3) is 5.00. The predicted octanol–water partition coefficient (Wildman–Crippen LogP) is 3.60. The Labute approximate surface area is 148 Å². The first kappa shape index (κ1) is 17.8. The topological polar surface area (TPSA) is 48.4 Å². The van der Waals surface area contributed by atoms with Gasteiger partial charge in [0.05, 0.1) is 17.9 Å². The zero-order chi connectivity index (χ0) is 17.6. The molecule has 0 amide bonds. The number of hydrogen-bond donors (Lipinski definition) is 2. The van der Waals surface area contributed by atoms with Gasteiger partial charge in [0.1, 0.15) is 5.82 Å². The Hall–Kier alpha value is -1.98. The molecule has 0 bridgehead atoms. The van der Waals surface area contributed by atoms with E-state index in [1.165, 1.54) is 17.8 Å². The maximum absolute atomic E-state index is 13.0.